The van der Waals surface area contributed by atoms with Crippen molar-refractivity contribution >= 4 is 17.3 Å². The number of benzene rings is 2. The minimum Gasteiger partial charge on any atom is -0.496 e. The SMILES string of the molecule is CCCN(CCC)c1ccc(NC(=O)c2c(OC)cccc2OC)cc1. The predicted octanol–water partition coefficient (Wildman–Crippen LogP) is 4.58. The van der Waals surface area contributed by atoms with Crippen LogP contribution < -0.4 is 19.7 Å². The lowest BCUT2D eigenvalue weighted by Gasteiger charge is -2.24. The maximum atomic E-state index is 12.7. The third-order valence-corrected chi connectivity index (χ3v) is 4.13. The van der Waals surface area contributed by atoms with Crippen LogP contribution in [0.5, 0.6) is 11.5 Å². The molecule has 2 rings (SSSR count). The van der Waals surface area contributed by atoms with E-state index in [1.807, 2.05) is 24.3 Å². The minimum atomic E-state index is -0.258. The highest BCUT2D eigenvalue weighted by atomic mass is 16.5. The molecule has 2 aromatic carbocycles. The topological polar surface area (TPSA) is 50.8 Å². The zero-order valence-electron chi connectivity index (χ0n) is 16.0. The number of nitrogens with one attached hydrogen (secondary N) is 1. The summed E-state index contributed by atoms with van der Waals surface area (Å²) in [7, 11) is 3.08. The number of hydrogen-bond acceptors (Lipinski definition) is 4. The second-order valence-electron chi connectivity index (χ2n) is 6.03. The maximum Gasteiger partial charge on any atom is 0.263 e. The van der Waals surface area contributed by atoms with Gasteiger partial charge >= 0.3 is 0 Å². The van der Waals surface area contributed by atoms with Crippen molar-refractivity contribution in [1.29, 1.82) is 0 Å². The van der Waals surface area contributed by atoms with Gasteiger partial charge in [0, 0.05) is 24.5 Å². The largest absolute Gasteiger partial charge is 0.496 e. The van der Waals surface area contributed by atoms with E-state index in [-0.39, 0.29) is 5.91 Å². The van der Waals surface area contributed by atoms with Crippen LogP contribution in [0.3, 0.4) is 0 Å². The lowest BCUT2D eigenvalue weighted by atomic mass is 10.1. The molecule has 0 fully saturated rings. The van der Waals surface area contributed by atoms with Gasteiger partial charge in [0.05, 0.1) is 14.2 Å². The standard InChI is InChI=1S/C21H28N2O3/c1-5-14-23(15-6-2)17-12-10-16(11-13-17)22-21(24)20-18(25-3)8-7-9-19(20)26-4/h7-13H,5-6,14-15H2,1-4H3,(H,22,24). The molecular formula is C21H28N2O3. The van der Waals surface area contributed by atoms with Crippen LogP contribution in [0.25, 0.3) is 0 Å². The fraction of sp³-hybridized carbons (Fsp3) is 0.381. The van der Waals surface area contributed by atoms with Gasteiger partial charge in [0.15, 0.2) is 0 Å². The number of methoxy groups -OCH3 is 2. The van der Waals surface area contributed by atoms with E-state index in [1.54, 1.807) is 18.2 Å². The van der Waals surface area contributed by atoms with E-state index >= 15 is 0 Å². The molecule has 140 valence electrons. The van der Waals surface area contributed by atoms with Crippen LogP contribution in [0, 0.1) is 0 Å². The highest BCUT2D eigenvalue weighted by molar-refractivity contribution is 6.08. The van der Waals surface area contributed by atoms with Crippen LogP contribution in [0.15, 0.2) is 42.5 Å². The Bertz CT molecular complexity index is 685. The summed E-state index contributed by atoms with van der Waals surface area (Å²) < 4.78 is 10.6. The lowest BCUT2D eigenvalue weighted by molar-refractivity contribution is 0.102. The van der Waals surface area contributed by atoms with Crippen LogP contribution in [0.4, 0.5) is 11.4 Å². The number of anilines is 2. The van der Waals surface area contributed by atoms with Crippen molar-refractivity contribution in [2.24, 2.45) is 0 Å². The van der Waals surface area contributed by atoms with Crippen molar-refractivity contribution < 1.29 is 14.3 Å². The Kier molecular flexibility index (Phi) is 7.33. The first-order valence-electron chi connectivity index (χ1n) is 9.01. The van der Waals surface area contributed by atoms with Crippen molar-refractivity contribution in [3.05, 3.63) is 48.0 Å². The molecule has 0 saturated heterocycles. The lowest BCUT2D eigenvalue weighted by Crippen LogP contribution is -2.24. The Morgan fingerprint density at radius 1 is 0.923 bits per heavy atom. The number of ether oxygens (including phenoxy) is 2. The number of carbonyl (C=O) groups is 1. The molecule has 5 heteroatoms. The van der Waals surface area contributed by atoms with Gasteiger partial charge in [0.1, 0.15) is 17.1 Å². The first-order chi connectivity index (χ1) is 12.6. The zero-order valence-corrected chi connectivity index (χ0v) is 16.0. The second kappa shape index (κ2) is 9.70. The summed E-state index contributed by atoms with van der Waals surface area (Å²) in [5.74, 6) is 0.706. The highest BCUT2D eigenvalue weighted by Crippen LogP contribution is 2.29. The monoisotopic (exact) mass is 356 g/mol. The van der Waals surface area contributed by atoms with E-state index in [0.717, 1.165) is 31.6 Å². The average molecular weight is 356 g/mol. The van der Waals surface area contributed by atoms with Crippen molar-refractivity contribution in [2.75, 3.05) is 37.5 Å². The third kappa shape index (κ3) is 4.69. The Balaban J connectivity index is 2.18. The number of carbonyl (C=O) groups excluding carboxylic acids is 1. The smallest absolute Gasteiger partial charge is 0.263 e. The Labute approximate surface area is 155 Å². The number of hydrogen-bond donors (Lipinski definition) is 1. The van der Waals surface area contributed by atoms with Gasteiger partial charge in [-0.2, -0.15) is 0 Å². The molecule has 0 aromatic heterocycles. The molecule has 0 saturated carbocycles. The summed E-state index contributed by atoms with van der Waals surface area (Å²) in [5.41, 5.74) is 2.29. The molecule has 0 bridgehead atoms. The molecule has 0 radical (unpaired) electrons. The molecule has 0 atom stereocenters. The first-order valence-corrected chi connectivity index (χ1v) is 9.01. The summed E-state index contributed by atoms with van der Waals surface area (Å²) in [4.78, 5) is 15.1. The van der Waals surface area contributed by atoms with E-state index in [1.165, 1.54) is 19.9 Å². The molecule has 0 heterocycles. The molecule has 5 nitrogen and oxygen atoms in total. The van der Waals surface area contributed by atoms with Crippen molar-refractivity contribution in [3.8, 4) is 11.5 Å². The van der Waals surface area contributed by atoms with Gasteiger partial charge in [-0.3, -0.25) is 4.79 Å². The summed E-state index contributed by atoms with van der Waals surface area (Å²) in [6, 6.07) is 13.2. The molecule has 1 N–H and O–H groups in total. The molecule has 2 aromatic rings. The summed E-state index contributed by atoms with van der Waals surface area (Å²) in [5, 5.41) is 2.92. The van der Waals surface area contributed by atoms with Crippen LogP contribution in [-0.4, -0.2) is 33.2 Å². The quantitative estimate of drug-likeness (QED) is 0.714. The molecule has 0 aliphatic carbocycles. The van der Waals surface area contributed by atoms with Gasteiger partial charge in [-0.25, -0.2) is 0 Å². The van der Waals surface area contributed by atoms with Crippen LogP contribution in [0.1, 0.15) is 37.0 Å². The van der Waals surface area contributed by atoms with Crippen LogP contribution in [0.2, 0.25) is 0 Å². The Morgan fingerprint density at radius 2 is 1.46 bits per heavy atom. The van der Waals surface area contributed by atoms with Gasteiger partial charge in [-0.15, -0.1) is 0 Å². The second-order valence-corrected chi connectivity index (χ2v) is 6.03. The molecule has 1 amide bonds. The predicted molar refractivity (Wildman–Crippen MR) is 107 cm³/mol. The molecule has 0 spiro atoms. The number of nitrogens with zero attached hydrogens (tertiary/aromatic N) is 1. The van der Waals surface area contributed by atoms with E-state index in [2.05, 4.69) is 24.1 Å². The van der Waals surface area contributed by atoms with Gasteiger partial charge in [0.25, 0.3) is 5.91 Å². The van der Waals surface area contributed by atoms with Crippen molar-refractivity contribution in [3.63, 3.8) is 0 Å². The Hall–Kier alpha value is -2.69. The van der Waals surface area contributed by atoms with Crippen LogP contribution >= 0.6 is 0 Å². The van der Waals surface area contributed by atoms with Gasteiger partial charge in [-0.05, 0) is 49.2 Å². The van der Waals surface area contributed by atoms with E-state index < -0.39 is 0 Å². The molecular weight excluding hydrogens is 328 g/mol. The zero-order chi connectivity index (χ0) is 18.9. The van der Waals surface area contributed by atoms with Gasteiger partial charge in [-0.1, -0.05) is 19.9 Å². The van der Waals surface area contributed by atoms with E-state index in [0.29, 0.717) is 17.1 Å². The molecule has 0 unspecified atom stereocenters. The Morgan fingerprint density at radius 3 is 1.92 bits per heavy atom. The summed E-state index contributed by atoms with van der Waals surface area (Å²) >= 11 is 0. The number of amides is 1. The summed E-state index contributed by atoms with van der Waals surface area (Å²) in [6.45, 7) is 6.41. The fourth-order valence-electron chi connectivity index (χ4n) is 2.93. The third-order valence-electron chi connectivity index (χ3n) is 4.13. The van der Waals surface area contributed by atoms with E-state index in [9.17, 15) is 4.79 Å². The van der Waals surface area contributed by atoms with Gasteiger partial charge in [0.2, 0.25) is 0 Å². The molecule has 0 aliphatic rings. The summed E-state index contributed by atoms with van der Waals surface area (Å²) in [6.07, 6.45) is 2.21. The van der Waals surface area contributed by atoms with E-state index in [4.69, 9.17) is 9.47 Å². The first kappa shape index (κ1) is 19.6. The molecule has 0 aliphatic heterocycles. The highest BCUT2D eigenvalue weighted by Gasteiger charge is 2.18. The van der Waals surface area contributed by atoms with Gasteiger partial charge < -0.3 is 19.7 Å². The fourth-order valence-corrected chi connectivity index (χ4v) is 2.93. The maximum absolute atomic E-state index is 12.7. The van der Waals surface area contributed by atoms with Crippen LogP contribution in [-0.2, 0) is 0 Å². The molecule has 26 heavy (non-hydrogen) atoms. The number of rotatable bonds is 9. The van der Waals surface area contributed by atoms with Crippen molar-refractivity contribution in [2.45, 2.75) is 26.7 Å². The minimum absolute atomic E-state index is 0.258. The van der Waals surface area contributed by atoms with Crippen molar-refractivity contribution in [1.82, 2.24) is 0 Å². The normalized spacial score (nSPS) is 10.3. The average Bonchev–Trinajstić information content (AvgIpc) is 2.67.